The molecule has 1 aromatic heterocycles. The number of benzene rings is 1. The third-order valence-corrected chi connectivity index (χ3v) is 2.45. The zero-order valence-electron chi connectivity index (χ0n) is 9.27. The first-order valence-electron chi connectivity index (χ1n) is 5.01. The van der Waals surface area contributed by atoms with E-state index in [-0.39, 0.29) is 11.6 Å². The van der Waals surface area contributed by atoms with Gasteiger partial charge in [-0.2, -0.15) is 0 Å². The molecule has 0 N–H and O–H groups in total. The van der Waals surface area contributed by atoms with Crippen LogP contribution in [0.3, 0.4) is 0 Å². The lowest BCUT2D eigenvalue weighted by Gasteiger charge is -2.08. The summed E-state index contributed by atoms with van der Waals surface area (Å²) in [4.78, 5) is 3.96. The topological polar surface area (TPSA) is 27.1 Å². The first kappa shape index (κ1) is 10.7. The quantitative estimate of drug-likeness (QED) is 0.794. The van der Waals surface area contributed by atoms with E-state index in [1.54, 1.807) is 37.6 Å². The predicted molar refractivity (Wildman–Crippen MR) is 58.7 cm³/mol. The monoisotopic (exact) mass is 220 g/mol. The van der Waals surface area contributed by atoms with Crippen molar-refractivity contribution in [2.75, 3.05) is 0 Å². The second kappa shape index (κ2) is 4.35. The second-order valence-electron chi connectivity index (χ2n) is 3.67. The highest BCUT2D eigenvalue weighted by Gasteiger charge is 2.06. The molecule has 2 rings (SSSR count). The molecule has 0 aliphatic rings. The van der Waals surface area contributed by atoms with E-state index < -0.39 is 0 Å². The molecule has 0 atom stereocenters. The van der Waals surface area contributed by atoms with E-state index in [1.165, 1.54) is 0 Å². The summed E-state index contributed by atoms with van der Waals surface area (Å²) in [5.74, 6) is -0.0223. The van der Waals surface area contributed by atoms with Crippen LogP contribution in [0.15, 0.2) is 30.7 Å². The lowest BCUT2D eigenvalue weighted by atomic mass is 10.2. The van der Waals surface area contributed by atoms with Gasteiger partial charge in [-0.15, -0.1) is 0 Å². The van der Waals surface area contributed by atoms with Gasteiger partial charge in [0.15, 0.2) is 11.6 Å². The van der Waals surface area contributed by atoms with Crippen LogP contribution in [0.1, 0.15) is 11.3 Å². The van der Waals surface area contributed by atoms with Gasteiger partial charge in [0.25, 0.3) is 0 Å². The Kier molecular flexibility index (Phi) is 2.90. The van der Waals surface area contributed by atoms with Crippen LogP contribution in [0.25, 0.3) is 0 Å². The number of aromatic nitrogens is 2. The van der Waals surface area contributed by atoms with Gasteiger partial charge in [-0.25, -0.2) is 9.37 Å². The SMILES string of the molecule is Cc1cccc(OCc2cncn2C)c1F. The third-order valence-electron chi connectivity index (χ3n) is 2.45. The van der Waals surface area contributed by atoms with Gasteiger partial charge in [0.05, 0.1) is 18.2 Å². The minimum absolute atomic E-state index is 0.279. The van der Waals surface area contributed by atoms with Crippen molar-refractivity contribution in [1.82, 2.24) is 9.55 Å². The summed E-state index contributed by atoms with van der Waals surface area (Å²) in [7, 11) is 1.87. The fraction of sp³-hybridized carbons (Fsp3) is 0.250. The minimum atomic E-state index is -0.301. The van der Waals surface area contributed by atoms with Crippen molar-refractivity contribution in [1.29, 1.82) is 0 Å². The average Bonchev–Trinajstić information content (AvgIpc) is 2.67. The summed E-state index contributed by atoms with van der Waals surface area (Å²) in [6, 6.07) is 5.11. The molecule has 0 amide bonds. The molecule has 0 saturated carbocycles. The molecule has 3 nitrogen and oxygen atoms in total. The molecule has 0 unspecified atom stereocenters. The molecular formula is C12H13FN2O. The fourth-order valence-electron chi connectivity index (χ4n) is 1.41. The molecule has 0 fully saturated rings. The number of hydrogen-bond donors (Lipinski definition) is 0. The first-order chi connectivity index (χ1) is 7.68. The highest BCUT2D eigenvalue weighted by atomic mass is 19.1. The Labute approximate surface area is 93.5 Å². The van der Waals surface area contributed by atoms with Crippen LogP contribution in [-0.4, -0.2) is 9.55 Å². The zero-order chi connectivity index (χ0) is 11.5. The molecule has 0 aliphatic heterocycles. The summed E-state index contributed by atoms with van der Waals surface area (Å²) < 4.78 is 20.8. The predicted octanol–water partition coefficient (Wildman–Crippen LogP) is 2.45. The molecular weight excluding hydrogens is 207 g/mol. The number of halogens is 1. The number of nitrogens with zero attached hydrogens (tertiary/aromatic N) is 2. The van der Waals surface area contributed by atoms with Crippen molar-refractivity contribution >= 4 is 0 Å². The maximum Gasteiger partial charge on any atom is 0.167 e. The maximum atomic E-state index is 13.6. The lowest BCUT2D eigenvalue weighted by Crippen LogP contribution is -2.02. The van der Waals surface area contributed by atoms with Crippen LogP contribution >= 0.6 is 0 Å². The van der Waals surface area contributed by atoms with Gasteiger partial charge in [-0.1, -0.05) is 12.1 Å². The molecule has 1 heterocycles. The van der Waals surface area contributed by atoms with Crippen LogP contribution in [0.2, 0.25) is 0 Å². The number of rotatable bonds is 3. The van der Waals surface area contributed by atoms with Crippen LogP contribution in [0.5, 0.6) is 5.75 Å². The van der Waals surface area contributed by atoms with Crippen LogP contribution in [0.4, 0.5) is 4.39 Å². The number of aryl methyl sites for hydroxylation is 2. The standard InChI is InChI=1S/C12H13FN2O/c1-9-4-3-5-11(12(9)13)16-7-10-6-14-8-15(10)2/h3-6,8H,7H2,1-2H3. The Hall–Kier alpha value is -1.84. The largest absolute Gasteiger partial charge is 0.484 e. The normalized spacial score (nSPS) is 10.4. The summed E-state index contributed by atoms with van der Waals surface area (Å²) in [5, 5.41) is 0. The Morgan fingerprint density at radius 2 is 2.25 bits per heavy atom. The molecule has 16 heavy (non-hydrogen) atoms. The summed E-state index contributed by atoms with van der Waals surface area (Å²) in [6.45, 7) is 2.03. The van der Waals surface area contributed by atoms with E-state index in [1.807, 2.05) is 11.6 Å². The zero-order valence-corrected chi connectivity index (χ0v) is 9.27. The van der Waals surface area contributed by atoms with Crippen molar-refractivity contribution in [3.05, 3.63) is 47.8 Å². The van der Waals surface area contributed by atoms with Crippen LogP contribution < -0.4 is 4.74 Å². The molecule has 0 bridgehead atoms. The molecule has 4 heteroatoms. The van der Waals surface area contributed by atoms with Crippen molar-refractivity contribution in [3.63, 3.8) is 0 Å². The van der Waals surface area contributed by atoms with Gasteiger partial charge in [0.1, 0.15) is 6.61 Å². The van der Waals surface area contributed by atoms with Gasteiger partial charge in [0.2, 0.25) is 0 Å². The average molecular weight is 220 g/mol. The Morgan fingerprint density at radius 1 is 1.44 bits per heavy atom. The van der Waals surface area contributed by atoms with Crippen molar-refractivity contribution in [2.45, 2.75) is 13.5 Å². The number of imidazole rings is 1. The van der Waals surface area contributed by atoms with Gasteiger partial charge in [0, 0.05) is 7.05 Å². The van der Waals surface area contributed by atoms with Gasteiger partial charge >= 0.3 is 0 Å². The van der Waals surface area contributed by atoms with Crippen molar-refractivity contribution in [2.24, 2.45) is 7.05 Å². The van der Waals surface area contributed by atoms with Gasteiger partial charge < -0.3 is 9.30 Å². The van der Waals surface area contributed by atoms with E-state index in [4.69, 9.17) is 4.74 Å². The first-order valence-corrected chi connectivity index (χ1v) is 5.01. The van der Waals surface area contributed by atoms with E-state index in [0.717, 1.165) is 5.69 Å². The minimum Gasteiger partial charge on any atom is -0.484 e. The van der Waals surface area contributed by atoms with Crippen molar-refractivity contribution in [3.8, 4) is 5.75 Å². The van der Waals surface area contributed by atoms with Crippen molar-refractivity contribution < 1.29 is 9.13 Å². The van der Waals surface area contributed by atoms with Crippen LogP contribution in [0, 0.1) is 12.7 Å². The Bertz CT molecular complexity index is 494. The van der Waals surface area contributed by atoms with E-state index in [9.17, 15) is 4.39 Å². The molecule has 0 saturated heterocycles. The van der Waals surface area contributed by atoms with E-state index >= 15 is 0 Å². The van der Waals surface area contributed by atoms with E-state index in [0.29, 0.717) is 12.2 Å². The maximum absolute atomic E-state index is 13.6. The highest BCUT2D eigenvalue weighted by Crippen LogP contribution is 2.20. The summed E-state index contributed by atoms with van der Waals surface area (Å²) in [5.41, 5.74) is 1.49. The smallest absolute Gasteiger partial charge is 0.167 e. The fourth-order valence-corrected chi connectivity index (χ4v) is 1.41. The molecule has 84 valence electrons. The number of ether oxygens (including phenoxy) is 1. The third kappa shape index (κ3) is 2.05. The molecule has 2 aromatic rings. The molecule has 0 spiro atoms. The molecule has 0 aliphatic carbocycles. The molecule has 1 aromatic carbocycles. The highest BCUT2D eigenvalue weighted by molar-refractivity contribution is 5.30. The second-order valence-corrected chi connectivity index (χ2v) is 3.67. The van der Waals surface area contributed by atoms with Gasteiger partial charge in [-0.3, -0.25) is 0 Å². The Balaban J connectivity index is 2.11. The Morgan fingerprint density at radius 3 is 2.94 bits per heavy atom. The number of hydrogen-bond acceptors (Lipinski definition) is 2. The summed E-state index contributed by atoms with van der Waals surface area (Å²) in [6.07, 6.45) is 3.39. The molecule has 0 radical (unpaired) electrons. The van der Waals surface area contributed by atoms with Gasteiger partial charge in [-0.05, 0) is 18.6 Å². The van der Waals surface area contributed by atoms with Crippen LogP contribution in [-0.2, 0) is 13.7 Å². The summed E-state index contributed by atoms with van der Waals surface area (Å²) >= 11 is 0. The van der Waals surface area contributed by atoms with E-state index in [2.05, 4.69) is 4.98 Å². The lowest BCUT2D eigenvalue weighted by molar-refractivity contribution is 0.281.